The van der Waals surface area contributed by atoms with Crippen LogP contribution in [0.4, 0.5) is 5.69 Å². The maximum atomic E-state index is 9.18. The van der Waals surface area contributed by atoms with Crippen molar-refractivity contribution in [2.75, 3.05) is 5.23 Å². The Morgan fingerprint density at radius 2 is 1.78 bits per heavy atom. The van der Waals surface area contributed by atoms with E-state index >= 15 is 0 Å². The summed E-state index contributed by atoms with van der Waals surface area (Å²) < 4.78 is 7.27. The molecule has 2 N–H and O–H groups in total. The maximum absolute atomic E-state index is 9.18. The third kappa shape index (κ3) is 3.62. The summed E-state index contributed by atoms with van der Waals surface area (Å²) in [5.74, 6) is 0.428. The van der Waals surface area contributed by atoms with E-state index in [-0.39, 0.29) is 17.5 Å². The second-order valence-electron chi connectivity index (χ2n) is 4.78. The summed E-state index contributed by atoms with van der Waals surface area (Å²) in [6, 6.07) is 15.8. The molecule has 3 aromatic rings. The first-order valence-electron chi connectivity index (χ1n) is 6.84. The largest absolute Gasteiger partial charge is 0.472 e. The van der Waals surface area contributed by atoms with Gasteiger partial charge in [-0.25, -0.2) is 4.68 Å². The molecule has 23 heavy (non-hydrogen) atoms. The van der Waals surface area contributed by atoms with Crippen LogP contribution in [-0.4, -0.2) is 20.2 Å². The topological polar surface area (TPSA) is 70.8 Å². The Hall–Kier alpha value is -2.54. The molecular weight excluding hydrogens is 318 g/mol. The second kappa shape index (κ2) is 6.70. The number of benzene rings is 2. The van der Waals surface area contributed by atoms with Gasteiger partial charge in [0.05, 0.1) is 5.69 Å². The van der Waals surface area contributed by atoms with Crippen LogP contribution in [-0.2, 0) is 6.61 Å². The zero-order chi connectivity index (χ0) is 16.2. The molecule has 0 aliphatic heterocycles. The molecule has 0 saturated heterocycles. The zero-order valence-electron chi connectivity index (χ0n) is 12.0. The first kappa shape index (κ1) is 15.4. The monoisotopic (exact) mass is 331 g/mol. The first-order chi connectivity index (χ1) is 11.1. The van der Waals surface area contributed by atoms with Gasteiger partial charge in [-0.05, 0) is 30.3 Å². The third-order valence-corrected chi connectivity index (χ3v) is 3.49. The average Bonchev–Trinajstić information content (AvgIpc) is 3.03. The standard InChI is InChI=1S/C16H14ClN3O3/c17-13-5-7-14(8-6-13)19-10-9-16(18-19)23-11-12-3-1-2-4-15(12)20(21)22/h1-10,21-22H,11H2. The number of anilines is 1. The highest BCUT2D eigenvalue weighted by Crippen LogP contribution is 2.20. The van der Waals surface area contributed by atoms with E-state index in [0.717, 1.165) is 5.69 Å². The van der Waals surface area contributed by atoms with Crippen molar-refractivity contribution in [3.05, 3.63) is 71.4 Å². The van der Waals surface area contributed by atoms with Crippen molar-refractivity contribution < 1.29 is 15.2 Å². The van der Waals surface area contributed by atoms with Crippen molar-refractivity contribution in [3.8, 4) is 11.6 Å². The molecule has 118 valence electrons. The number of ether oxygens (including phenoxy) is 1. The van der Waals surface area contributed by atoms with Gasteiger partial charge in [0.15, 0.2) is 0 Å². The van der Waals surface area contributed by atoms with Crippen molar-refractivity contribution >= 4 is 17.3 Å². The Morgan fingerprint density at radius 3 is 2.52 bits per heavy atom. The number of rotatable bonds is 5. The van der Waals surface area contributed by atoms with E-state index < -0.39 is 0 Å². The lowest BCUT2D eigenvalue weighted by molar-refractivity contribution is 0.0281. The van der Waals surface area contributed by atoms with Gasteiger partial charge < -0.3 is 4.74 Å². The second-order valence-corrected chi connectivity index (χ2v) is 5.22. The van der Waals surface area contributed by atoms with Crippen LogP contribution < -0.4 is 9.96 Å². The summed E-state index contributed by atoms with van der Waals surface area (Å²) in [7, 11) is 0. The van der Waals surface area contributed by atoms with Crippen LogP contribution in [0.5, 0.6) is 5.88 Å². The summed E-state index contributed by atoms with van der Waals surface area (Å²) in [5.41, 5.74) is 1.74. The molecule has 0 radical (unpaired) electrons. The number of aromatic nitrogens is 2. The van der Waals surface area contributed by atoms with Crippen LogP contribution in [0.1, 0.15) is 5.56 Å². The summed E-state index contributed by atoms with van der Waals surface area (Å²) in [4.78, 5) is 0. The molecular formula is C16H14ClN3O3. The number of hydrogen-bond acceptors (Lipinski definition) is 5. The number of halogens is 1. The lowest BCUT2D eigenvalue weighted by Gasteiger charge is -2.13. The van der Waals surface area contributed by atoms with Gasteiger partial charge in [-0.2, -0.15) is 0 Å². The summed E-state index contributed by atoms with van der Waals surface area (Å²) in [6.07, 6.45) is 1.77. The highest BCUT2D eigenvalue weighted by Gasteiger charge is 2.08. The molecule has 0 saturated carbocycles. The van der Waals surface area contributed by atoms with E-state index in [9.17, 15) is 10.4 Å². The van der Waals surface area contributed by atoms with Crippen molar-refractivity contribution in [3.63, 3.8) is 0 Å². The predicted molar refractivity (Wildman–Crippen MR) is 85.4 cm³/mol. The molecule has 6 nitrogen and oxygen atoms in total. The molecule has 0 fully saturated rings. The van der Waals surface area contributed by atoms with Crippen molar-refractivity contribution in [1.82, 2.24) is 9.78 Å². The fraction of sp³-hybridized carbons (Fsp3) is 0.0625. The van der Waals surface area contributed by atoms with E-state index in [1.165, 1.54) is 0 Å². The molecule has 0 bridgehead atoms. The SMILES string of the molecule is ON(O)c1ccccc1COc1ccn(-c2ccc(Cl)cc2)n1. The molecule has 3 rings (SSSR count). The fourth-order valence-corrected chi connectivity index (χ4v) is 2.23. The first-order valence-corrected chi connectivity index (χ1v) is 7.21. The van der Waals surface area contributed by atoms with Crippen LogP contribution in [0.25, 0.3) is 5.69 Å². The van der Waals surface area contributed by atoms with Gasteiger partial charge in [-0.1, -0.05) is 29.8 Å². The molecule has 1 aromatic heterocycles. The smallest absolute Gasteiger partial charge is 0.233 e. The minimum atomic E-state index is 0.0744. The van der Waals surface area contributed by atoms with E-state index in [2.05, 4.69) is 5.10 Å². The molecule has 0 aliphatic rings. The van der Waals surface area contributed by atoms with Crippen LogP contribution in [0.15, 0.2) is 60.8 Å². The van der Waals surface area contributed by atoms with E-state index in [4.69, 9.17) is 16.3 Å². The van der Waals surface area contributed by atoms with Crippen molar-refractivity contribution in [2.24, 2.45) is 0 Å². The van der Waals surface area contributed by atoms with Gasteiger partial charge in [-0.15, -0.1) is 10.3 Å². The van der Waals surface area contributed by atoms with Crippen molar-refractivity contribution in [2.45, 2.75) is 6.61 Å². The van der Waals surface area contributed by atoms with Gasteiger partial charge in [-0.3, -0.25) is 10.4 Å². The van der Waals surface area contributed by atoms with Gasteiger partial charge >= 0.3 is 0 Å². The van der Waals surface area contributed by atoms with E-state index in [1.807, 2.05) is 12.1 Å². The zero-order valence-corrected chi connectivity index (χ0v) is 12.8. The minimum Gasteiger partial charge on any atom is -0.472 e. The quantitative estimate of drug-likeness (QED) is 0.698. The number of hydrogen-bond donors (Lipinski definition) is 2. The third-order valence-electron chi connectivity index (χ3n) is 3.24. The van der Waals surface area contributed by atoms with Crippen molar-refractivity contribution in [1.29, 1.82) is 0 Å². The molecule has 7 heteroatoms. The maximum Gasteiger partial charge on any atom is 0.233 e. The Morgan fingerprint density at radius 1 is 1.04 bits per heavy atom. The average molecular weight is 332 g/mol. The normalized spacial score (nSPS) is 10.6. The van der Waals surface area contributed by atoms with Crippen LogP contribution in [0.3, 0.4) is 0 Å². The van der Waals surface area contributed by atoms with Gasteiger partial charge in [0.1, 0.15) is 12.3 Å². The van der Waals surface area contributed by atoms with Crippen LogP contribution in [0.2, 0.25) is 5.02 Å². The Bertz CT molecular complexity index is 787. The summed E-state index contributed by atoms with van der Waals surface area (Å²) >= 11 is 5.86. The number of nitrogens with zero attached hydrogens (tertiary/aromatic N) is 3. The lowest BCUT2D eigenvalue weighted by Crippen LogP contribution is -2.14. The Labute approximate surface area is 137 Å². The lowest BCUT2D eigenvalue weighted by atomic mass is 10.2. The highest BCUT2D eigenvalue weighted by atomic mass is 35.5. The van der Waals surface area contributed by atoms with Gasteiger partial charge in [0.25, 0.3) is 0 Å². The Kier molecular flexibility index (Phi) is 4.47. The molecule has 0 amide bonds. The molecule has 0 unspecified atom stereocenters. The Balaban J connectivity index is 1.72. The molecule has 1 heterocycles. The summed E-state index contributed by atoms with van der Waals surface area (Å²) in [5, 5.41) is 23.4. The van der Waals surface area contributed by atoms with E-state index in [0.29, 0.717) is 16.5 Å². The minimum absolute atomic E-state index is 0.0744. The predicted octanol–water partition coefficient (Wildman–Crippen LogP) is 3.69. The molecule has 0 atom stereocenters. The molecule has 0 aliphatic carbocycles. The van der Waals surface area contributed by atoms with Crippen LogP contribution >= 0.6 is 11.6 Å². The summed E-state index contributed by atoms with van der Waals surface area (Å²) in [6.45, 7) is 0.158. The molecule has 0 spiro atoms. The van der Waals surface area contributed by atoms with E-state index in [1.54, 1.807) is 53.3 Å². The molecule has 2 aromatic carbocycles. The number of para-hydroxylation sites is 1. The highest BCUT2D eigenvalue weighted by molar-refractivity contribution is 6.30. The van der Waals surface area contributed by atoms with Gasteiger partial charge in [0.2, 0.25) is 5.88 Å². The van der Waals surface area contributed by atoms with Crippen LogP contribution in [0, 0.1) is 0 Å². The van der Waals surface area contributed by atoms with Gasteiger partial charge in [0, 0.05) is 22.8 Å². The fourth-order valence-electron chi connectivity index (χ4n) is 2.10.